The molecule has 0 aromatic carbocycles. The molecule has 2 amide bonds. The van der Waals surface area contributed by atoms with E-state index in [4.69, 9.17) is 14.2 Å². The van der Waals surface area contributed by atoms with Gasteiger partial charge in [0.25, 0.3) is 0 Å². The van der Waals surface area contributed by atoms with Crippen molar-refractivity contribution in [2.24, 2.45) is 10.8 Å². The van der Waals surface area contributed by atoms with E-state index in [2.05, 4.69) is 17.6 Å². The number of amides is 2. The summed E-state index contributed by atoms with van der Waals surface area (Å²) < 4.78 is 17.4. The maximum atomic E-state index is 13.6. The fraction of sp³-hybridized carbons (Fsp3) is 0.917. The first kappa shape index (κ1) is 36.8. The van der Waals surface area contributed by atoms with Gasteiger partial charge in [-0.2, -0.15) is 0 Å². The van der Waals surface area contributed by atoms with Crippen molar-refractivity contribution in [3.05, 3.63) is 0 Å². The number of rotatable bonds is 19. The number of ether oxygens (including phenoxy) is 3. The van der Waals surface area contributed by atoms with Crippen LogP contribution in [0.1, 0.15) is 163 Å². The van der Waals surface area contributed by atoms with E-state index in [0.29, 0.717) is 6.61 Å². The fourth-order valence-electron chi connectivity index (χ4n) is 7.25. The molecule has 2 saturated carbocycles. The van der Waals surface area contributed by atoms with Gasteiger partial charge in [-0.25, -0.2) is 0 Å². The largest absolute Gasteiger partial charge is 0.460 e. The van der Waals surface area contributed by atoms with Gasteiger partial charge < -0.3 is 24.8 Å². The average molecular weight is 621 g/mol. The highest BCUT2D eigenvalue weighted by Crippen LogP contribution is 2.43. The van der Waals surface area contributed by atoms with Crippen molar-refractivity contribution in [3.8, 4) is 0 Å². The maximum absolute atomic E-state index is 13.6. The van der Waals surface area contributed by atoms with Gasteiger partial charge in [0.2, 0.25) is 11.8 Å². The third-order valence-corrected chi connectivity index (χ3v) is 10.1. The van der Waals surface area contributed by atoms with Crippen LogP contribution in [0.5, 0.6) is 0 Å². The zero-order valence-corrected chi connectivity index (χ0v) is 28.7. The van der Waals surface area contributed by atoms with Gasteiger partial charge in [0.1, 0.15) is 12.2 Å². The van der Waals surface area contributed by atoms with Crippen molar-refractivity contribution in [1.29, 1.82) is 0 Å². The summed E-state index contributed by atoms with van der Waals surface area (Å²) in [6.45, 7) is 10.3. The molecule has 0 bridgehead atoms. The highest BCUT2D eigenvalue weighted by molar-refractivity contribution is 5.83. The van der Waals surface area contributed by atoms with E-state index in [1.54, 1.807) is 13.8 Å². The number of carbonyl (C=O) groups is 3. The number of hydrogen-bond donors (Lipinski definition) is 2. The Balaban J connectivity index is 1.36. The molecule has 1 heterocycles. The van der Waals surface area contributed by atoms with Gasteiger partial charge >= 0.3 is 5.97 Å². The smallest absolute Gasteiger partial charge is 0.307 e. The van der Waals surface area contributed by atoms with Crippen LogP contribution in [-0.2, 0) is 28.6 Å². The quantitative estimate of drug-likeness (QED) is 0.114. The Morgan fingerprint density at radius 1 is 0.818 bits per heavy atom. The second kappa shape index (κ2) is 17.9. The van der Waals surface area contributed by atoms with Crippen molar-refractivity contribution in [3.63, 3.8) is 0 Å². The predicted octanol–water partition coefficient (Wildman–Crippen LogP) is 7.51. The molecule has 2 N–H and O–H groups in total. The summed E-state index contributed by atoms with van der Waals surface area (Å²) in [6.07, 6.45) is 21.2. The maximum Gasteiger partial charge on any atom is 0.307 e. The van der Waals surface area contributed by atoms with Crippen molar-refractivity contribution < 1.29 is 28.6 Å². The third-order valence-electron chi connectivity index (χ3n) is 10.1. The molecule has 44 heavy (non-hydrogen) atoms. The second-order valence-electron chi connectivity index (χ2n) is 15.0. The van der Waals surface area contributed by atoms with Gasteiger partial charge in [0.15, 0.2) is 5.79 Å². The van der Waals surface area contributed by atoms with Crippen LogP contribution in [0.15, 0.2) is 0 Å². The first-order valence-corrected chi connectivity index (χ1v) is 18.1. The Labute approximate surface area is 267 Å². The highest BCUT2D eigenvalue weighted by Gasteiger charge is 2.46. The Kier molecular flexibility index (Phi) is 14.9. The van der Waals surface area contributed by atoms with Gasteiger partial charge in [-0.15, -0.1) is 0 Å². The summed E-state index contributed by atoms with van der Waals surface area (Å²) in [6, 6.07) is -0.130. The molecule has 3 atom stereocenters. The molecular weight excluding hydrogens is 556 g/mol. The zero-order chi connectivity index (χ0) is 32.1. The number of nitrogens with one attached hydrogen (secondary N) is 2. The summed E-state index contributed by atoms with van der Waals surface area (Å²) in [5, 5.41) is 6.17. The lowest BCUT2D eigenvalue weighted by Crippen LogP contribution is -2.56. The topological polar surface area (TPSA) is 103 Å². The number of hydrogen-bond acceptors (Lipinski definition) is 6. The summed E-state index contributed by atoms with van der Waals surface area (Å²) >= 11 is 0. The van der Waals surface area contributed by atoms with Crippen LogP contribution in [0, 0.1) is 10.8 Å². The molecule has 3 rings (SSSR count). The lowest BCUT2D eigenvalue weighted by atomic mass is 9.79. The summed E-state index contributed by atoms with van der Waals surface area (Å²) in [4.78, 5) is 39.2. The standard InChI is InChI=1S/C36H64N2O6/c1-6-7-8-9-10-11-12-13-14-15-16-23-36(24-17-18-25-36)33(41)38-28-20-19-21-29(28)43-30(39)22-26-37-32(40)31-34(2,3)27-42-35(4,5)44-31/h28-29,31H,6-27H2,1-5H3,(H,37,40)(H,38,41). The molecule has 1 aliphatic heterocycles. The minimum Gasteiger partial charge on any atom is -0.460 e. The van der Waals surface area contributed by atoms with Gasteiger partial charge in [0.05, 0.1) is 19.1 Å². The molecule has 3 fully saturated rings. The van der Waals surface area contributed by atoms with E-state index in [1.807, 2.05) is 13.8 Å². The van der Waals surface area contributed by atoms with Crippen molar-refractivity contribution >= 4 is 17.8 Å². The summed E-state index contributed by atoms with van der Waals surface area (Å²) in [7, 11) is 0. The van der Waals surface area contributed by atoms with Gasteiger partial charge in [-0.3, -0.25) is 14.4 Å². The second-order valence-corrected chi connectivity index (χ2v) is 15.0. The molecule has 0 aromatic rings. The zero-order valence-electron chi connectivity index (χ0n) is 28.7. The third kappa shape index (κ3) is 11.6. The summed E-state index contributed by atoms with van der Waals surface area (Å²) in [5.41, 5.74) is -0.728. The van der Waals surface area contributed by atoms with E-state index >= 15 is 0 Å². The van der Waals surface area contributed by atoms with E-state index in [9.17, 15) is 14.4 Å². The minimum atomic E-state index is -0.831. The Morgan fingerprint density at radius 2 is 1.43 bits per heavy atom. The number of esters is 1. The highest BCUT2D eigenvalue weighted by atomic mass is 16.7. The van der Waals surface area contributed by atoms with Crippen LogP contribution in [0.4, 0.5) is 0 Å². The van der Waals surface area contributed by atoms with E-state index < -0.39 is 17.3 Å². The molecule has 3 aliphatic rings. The predicted molar refractivity (Wildman–Crippen MR) is 174 cm³/mol. The van der Waals surface area contributed by atoms with Crippen LogP contribution in [0.25, 0.3) is 0 Å². The molecule has 8 nitrogen and oxygen atoms in total. The number of unbranched alkanes of at least 4 members (excludes halogenated alkanes) is 10. The van der Waals surface area contributed by atoms with Crippen LogP contribution in [0.3, 0.4) is 0 Å². The van der Waals surface area contributed by atoms with Crippen LogP contribution < -0.4 is 10.6 Å². The molecule has 0 aromatic heterocycles. The van der Waals surface area contributed by atoms with Crippen LogP contribution >= 0.6 is 0 Å². The average Bonchev–Trinajstić information content (AvgIpc) is 3.63. The normalized spacial score (nSPS) is 25.4. The molecule has 0 radical (unpaired) electrons. The molecule has 1 saturated heterocycles. The van der Waals surface area contributed by atoms with Crippen molar-refractivity contribution in [2.45, 2.75) is 187 Å². The van der Waals surface area contributed by atoms with Crippen molar-refractivity contribution in [1.82, 2.24) is 10.6 Å². The monoisotopic (exact) mass is 620 g/mol. The molecule has 2 aliphatic carbocycles. The van der Waals surface area contributed by atoms with Crippen LogP contribution in [0.2, 0.25) is 0 Å². The van der Waals surface area contributed by atoms with E-state index in [-0.39, 0.29) is 48.3 Å². The molecule has 254 valence electrons. The van der Waals surface area contributed by atoms with E-state index in [1.165, 1.54) is 64.2 Å². The molecule has 3 unspecified atom stereocenters. The number of carbonyl (C=O) groups excluding carboxylic acids is 3. The minimum absolute atomic E-state index is 0.0821. The SMILES string of the molecule is CCCCCCCCCCCCCC1(C(=O)NC2CCCC2OC(=O)CCNC(=O)C2OC(C)(C)OCC2(C)C)CCCC1. The van der Waals surface area contributed by atoms with Gasteiger partial charge in [-0.05, 0) is 52.4 Å². The van der Waals surface area contributed by atoms with Gasteiger partial charge in [0, 0.05) is 17.4 Å². The first-order chi connectivity index (χ1) is 21.0. The lowest BCUT2D eigenvalue weighted by molar-refractivity contribution is -0.304. The van der Waals surface area contributed by atoms with Crippen molar-refractivity contribution in [2.75, 3.05) is 13.2 Å². The molecular formula is C36H64N2O6. The van der Waals surface area contributed by atoms with E-state index in [0.717, 1.165) is 57.8 Å². The summed E-state index contributed by atoms with van der Waals surface area (Å²) in [5.74, 6) is -1.25. The van der Waals surface area contributed by atoms with Gasteiger partial charge in [-0.1, -0.05) is 104 Å². The Bertz CT molecular complexity index is 897. The fourth-order valence-corrected chi connectivity index (χ4v) is 7.25. The lowest BCUT2D eigenvalue weighted by Gasteiger charge is -2.44. The van der Waals surface area contributed by atoms with Crippen LogP contribution in [-0.4, -0.2) is 55.0 Å². The Hall–Kier alpha value is -1.67. The first-order valence-electron chi connectivity index (χ1n) is 18.1. The molecule has 8 heteroatoms. The molecule has 0 spiro atoms. The Morgan fingerprint density at radius 3 is 2.07 bits per heavy atom.